The van der Waals surface area contributed by atoms with E-state index in [2.05, 4.69) is 4.18 Å². The van der Waals surface area contributed by atoms with Crippen molar-refractivity contribution >= 4 is 16.1 Å². The van der Waals surface area contributed by atoms with Crippen molar-refractivity contribution in [2.45, 2.75) is 51.0 Å². The fraction of sp³-hybridized carbons (Fsp3) is 0.562. The van der Waals surface area contributed by atoms with Crippen LogP contribution in [0.4, 0.5) is 13.2 Å². The minimum atomic E-state index is -5.98. The zero-order valence-corrected chi connectivity index (χ0v) is 15.8. The van der Waals surface area contributed by atoms with E-state index in [1.54, 1.807) is 30.3 Å². The van der Waals surface area contributed by atoms with Gasteiger partial charge in [0.15, 0.2) is 6.10 Å². The molecule has 0 aliphatic rings. The number of hydrogen-bond acceptors (Lipinski definition) is 7. The summed E-state index contributed by atoms with van der Waals surface area (Å²) >= 11 is 0. The number of halogens is 3. The fourth-order valence-corrected chi connectivity index (χ4v) is 2.27. The molecule has 0 N–H and O–H groups in total. The van der Waals surface area contributed by atoms with Gasteiger partial charge in [-0.2, -0.15) is 21.6 Å². The van der Waals surface area contributed by atoms with E-state index in [9.17, 15) is 26.4 Å². The quantitative estimate of drug-likeness (QED) is 0.153. The number of alkyl halides is 3. The number of carbonyl (C=O) groups excluding carboxylic acids is 1. The molecule has 1 aromatic rings. The van der Waals surface area contributed by atoms with E-state index in [-0.39, 0.29) is 6.61 Å². The third-order valence-electron chi connectivity index (χ3n) is 2.81. The molecule has 1 aromatic carbocycles. The first-order valence-electron chi connectivity index (χ1n) is 7.82. The molecular weight excluding hydrogens is 393 g/mol. The Hall–Kier alpha value is -1.69. The maximum absolute atomic E-state index is 12.5. The maximum atomic E-state index is 12.5. The van der Waals surface area contributed by atoms with Gasteiger partial charge in [-0.1, -0.05) is 30.3 Å². The zero-order chi connectivity index (χ0) is 20.7. The average Bonchev–Trinajstić information content (AvgIpc) is 2.51. The van der Waals surface area contributed by atoms with Crippen LogP contribution in [0.3, 0.4) is 0 Å². The second-order valence-electron chi connectivity index (χ2n) is 6.38. The molecule has 0 aromatic heterocycles. The predicted octanol–water partition coefficient (Wildman–Crippen LogP) is 3.10. The van der Waals surface area contributed by atoms with Gasteiger partial charge in [0.1, 0.15) is 12.2 Å². The number of rotatable bonds is 9. The molecule has 0 spiro atoms. The summed E-state index contributed by atoms with van der Waals surface area (Å²) in [5, 5.41) is 0. The highest BCUT2D eigenvalue weighted by molar-refractivity contribution is 7.87. The zero-order valence-electron chi connectivity index (χ0n) is 15.0. The van der Waals surface area contributed by atoms with Crippen molar-refractivity contribution in [2.24, 2.45) is 0 Å². The summed E-state index contributed by atoms with van der Waals surface area (Å²) in [6, 6.07) is 8.85. The minimum Gasteiger partial charge on any atom is -0.458 e. The number of carbonyl (C=O) groups is 1. The summed E-state index contributed by atoms with van der Waals surface area (Å²) in [5.74, 6) is -1.26. The topological polar surface area (TPSA) is 88.1 Å². The van der Waals surface area contributed by atoms with Crippen LogP contribution in [0, 0.1) is 0 Å². The Morgan fingerprint density at radius 3 is 2.19 bits per heavy atom. The Morgan fingerprint density at radius 1 is 1.07 bits per heavy atom. The fourth-order valence-electron chi connectivity index (χ4n) is 1.68. The summed E-state index contributed by atoms with van der Waals surface area (Å²) in [7, 11) is -5.98. The van der Waals surface area contributed by atoms with Crippen LogP contribution in [0.25, 0.3) is 0 Å². The molecule has 0 aliphatic heterocycles. The van der Waals surface area contributed by atoms with E-state index in [0.29, 0.717) is 0 Å². The summed E-state index contributed by atoms with van der Waals surface area (Å²) < 4.78 is 68.8. The van der Waals surface area contributed by atoms with Gasteiger partial charge in [-0.15, -0.1) is 0 Å². The van der Waals surface area contributed by atoms with Crippen LogP contribution in [-0.4, -0.2) is 38.2 Å². The van der Waals surface area contributed by atoms with Crippen molar-refractivity contribution in [3.8, 4) is 0 Å². The summed E-state index contributed by atoms with van der Waals surface area (Å²) in [6.07, 6.45) is -2.56. The van der Waals surface area contributed by atoms with Gasteiger partial charge in [0.2, 0.25) is 0 Å². The SMILES string of the molecule is CC(C)(C)OC(=O)[C@H](CCOOCc1ccccc1)OS(=O)(=O)C(F)(F)F. The molecule has 0 aliphatic carbocycles. The van der Waals surface area contributed by atoms with Gasteiger partial charge in [-0.05, 0) is 26.3 Å². The van der Waals surface area contributed by atoms with Gasteiger partial charge in [-0.25, -0.2) is 18.8 Å². The lowest BCUT2D eigenvalue weighted by Crippen LogP contribution is -2.38. The van der Waals surface area contributed by atoms with Crippen LogP contribution < -0.4 is 0 Å². The molecule has 1 atom stereocenters. The molecular formula is C16H21F3O7S. The second-order valence-corrected chi connectivity index (χ2v) is 7.94. The lowest BCUT2D eigenvalue weighted by molar-refractivity contribution is -0.305. The van der Waals surface area contributed by atoms with Crippen LogP contribution >= 0.6 is 0 Å². The standard InChI is InChI=1S/C16H21F3O7S/c1-15(2,3)25-14(20)13(26-27(21,22)16(17,18)19)9-10-23-24-11-12-7-5-4-6-8-12/h4-8,13H,9-11H2,1-3H3/t13-/m0/s1. The van der Waals surface area contributed by atoms with Crippen molar-refractivity contribution in [2.75, 3.05) is 6.61 Å². The first-order valence-corrected chi connectivity index (χ1v) is 9.23. The number of benzene rings is 1. The Balaban J connectivity index is 2.64. The molecule has 0 radical (unpaired) electrons. The molecule has 0 saturated heterocycles. The van der Waals surface area contributed by atoms with Gasteiger partial charge >= 0.3 is 21.6 Å². The van der Waals surface area contributed by atoms with Crippen molar-refractivity contribution < 1.29 is 45.1 Å². The molecule has 7 nitrogen and oxygen atoms in total. The number of hydrogen-bond donors (Lipinski definition) is 0. The van der Waals surface area contributed by atoms with Crippen LogP contribution in [0.15, 0.2) is 30.3 Å². The second kappa shape index (κ2) is 9.49. The Bertz CT molecular complexity index is 697. The number of esters is 1. The highest BCUT2D eigenvalue weighted by atomic mass is 32.2. The van der Waals surface area contributed by atoms with Crippen molar-refractivity contribution in [3.63, 3.8) is 0 Å². The van der Waals surface area contributed by atoms with Crippen molar-refractivity contribution in [3.05, 3.63) is 35.9 Å². The molecule has 0 bridgehead atoms. The Kier molecular flexibility index (Phi) is 8.21. The van der Waals surface area contributed by atoms with E-state index >= 15 is 0 Å². The van der Waals surface area contributed by atoms with Crippen LogP contribution in [-0.2, 0) is 40.2 Å². The molecule has 0 fully saturated rings. The van der Waals surface area contributed by atoms with Gasteiger partial charge in [-0.3, -0.25) is 0 Å². The highest BCUT2D eigenvalue weighted by Crippen LogP contribution is 2.27. The lowest BCUT2D eigenvalue weighted by Gasteiger charge is -2.24. The minimum absolute atomic E-state index is 0.0552. The van der Waals surface area contributed by atoms with Crippen LogP contribution in [0.2, 0.25) is 0 Å². The molecule has 0 saturated carbocycles. The number of ether oxygens (including phenoxy) is 1. The monoisotopic (exact) mass is 414 g/mol. The largest absolute Gasteiger partial charge is 0.523 e. The maximum Gasteiger partial charge on any atom is 0.523 e. The highest BCUT2D eigenvalue weighted by Gasteiger charge is 2.50. The van der Waals surface area contributed by atoms with Crippen LogP contribution in [0.1, 0.15) is 32.8 Å². The van der Waals surface area contributed by atoms with E-state index in [4.69, 9.17) is 14.5 Å². The Morgan fingerprint density at radius 2 is 1.67 bits per heavy atom. The van der Waals surface area contributed by atoms with E-state index in [0.717, 1.165) is 5.56 Å². The summed E-state index contributed by atoms with van der Waals surface area (Å²) in [4.78, 5) is 21.6. The lowest BCUT2D eigenvalue weighted by atomic mass is 10.2. The van der Waals surface area contributed by atoms with Crippen LogP contribution in [0.5, 0.6) is 0 Å². The Labute approximate surface area is 155 Å². The molecule has 1 rings (SSSR count). The van der Waals surface area contributed by atoms with E-state index in [1.807, 2.05) is 0 Å². The first-order chi connectivity index (χ1) is 12.3. The van der Waals surface area contributed by atoms with Crippen molar-refractivity contribution in [1.82, 2.24) is 0 Å². The molecule has 154 valence electrons. The van der Waals surface area contributed by atoms with Gasteiger partial charge < -0.3 is 4.74 Å². The van der Waals surface area contributed by atoms with E-state index < -0.39 is 46.3 Å². The molecule has 27 heavy (non-hydrogen) atoms. The van der Waals surface area contributed by atoms with Gasteiger partial charge in [0.05, 0.1) is 6.61 Å². The third-order valence-corrected chi connectivity index (χ3v) is 3.86. The normalized spacial score (nSPS) is 14.0. The molecule has 0 amide bonds. The summed E-state index contributed by atoms with van der Waals surface area (Å²) in [6.45, 7) is 4.07. The van der Waals surface area contributed by atoms with Gasteiger partial charge in [0.25, 0.3) is 0 Å². The third kappa shape index (κ3) is 8.69. The average molecular weight is 414 g/mol. The molecule has 11 heteroatoms. The van der Waals surface area contributed by atoms with Crippen molar-refractivity contribution in [1.29, 1.82) is 0 Å². The summed E-state index contributed by atoms with van der Waals surface area (Å²) in [5.41, 5.74) is -5.94. The molecule has 0 unspecified atom stereocenters. The molecule has 0 heterocycles. The predicted molar refractivity (Wildman–Crippen MR) is 87.5 cm³/mol. The smallest absolute Gasteiger partial charge is 0.458 e. The van der Waals surface area contributed by atoms with E-state index in [1.165, 1.54) is 20.8 Å². The van der Waals surface area contributed by atoms with Gasteiger partial charge in [0, 0.05) is 6.42 Å². The first kappa shape index (κ1) is 23.3.